The third-order valence-corrected chi connectivity index (χ3v) is 3.30. The molecule has 2 nitrogen and oxygen atoms in total. The maximum atomic E-state index is 4.48. The van der Waals surface area contributed by atoms with E-state index in [2.05, 4.69) is 55.7 Å². The zero-order chi connectivity index (χ0) is 11.7. The van der Waals surface area contributed by atoms with Crippen molar-refractivity contribution in [1.29, 1.82) is 0 Å². The monoisotopic (exact) mass is 216 g/mol. The van der Waals surface area contributed by atoms with Gasteiger partial charge in [0, 0.05) is 11.4 Å². The van der Waals surface area contributed by atoms with Gasteiger partial charge in [-0.05, 0) is 30.9 Å². The number of nitrogens with zero attached hydrogens (tertiary/aromatic N) is 2. The quantitative estimate of drug-likeness (QED) is 0.754. The first-order chi connectivity index (χ1) is 7.63. The lowest BCUT2D eigenvalue weighted by atomic mass is 10.0. The second-order valence-electron chi connectivity index (χ2n) is 4.82. The smallest absolute Gasteiger partial charge is 0.0688 e. The minimum Gasteiger partial charge on any atom is -0.262 e. The Balaban J connectivity index is 2.55. The first-order valence-corrected chi connectivity index (χ1v) is 6.10. The molecule has 1 atom stereocenters. The third kappa shape index (κ3) is 1.84. The summed E-state index contributed by atoms with van der Waals surface area (Å²) in [6, 6.07) is 7.13. The molecule has 86 valence electrons. The molecule has 2 rings (SSSR count). The van der Waals surface area contributed by atoms with E-state index in [9.17, 15) is 0 Å². The van der Waals surface area contributed by atoms with Gasteiger partial charge in [0.05, 0.1) is 11.7 Å². The van der Waals surface area contributed by atoms with Gasteiger partial charge in [-0.3, -0.25) is 4.68 Å². The molecule has 0 saturated heterocycles. The highest BCUT2D eigenvalue weighted by Gasteiger charge is 2.09. The summed E-state index contributed by atoms with van der Waals surface area (Å²) in [6.45, 7) is 8.87. The van der Waals surface area contributed by atoms with Crippen LogP contribution in [0.15, 0.2) is 24.4 Å². The molecule has 0 aliphatic rings. The van der Waals surface area contributed by atoms with Crippen LogP contribution in [-0.4, -0.2) is 9.78 Å². The molecule has 0 saturated carbocycles. The summed E-state index contributed by atoms with van der Waals surface area (Å²) in [7, 11) is 0. The Labute approximate surface area is 97.3 Å². The second-order valence-corrected chi connectivity index (χ2v) is 4.82. The van der Waals surface area contributed by atoms with E-state index in [0.29, 0.717) is 12.0 Å². The van der Waals surface area contributed by atoms with Crippen molar-refractivity contribution in [2.75, 3.05) is 0 Å². The van der Waals surface area contributed by atoms with Crippen LogP contribution in [-0.2, 0) is 0 Å². The van der Waals surface area contributed by atoms with E-state index >= 15 is 0 Å². The van der Waals surface area contributed by atoms with Gasteiger partial charge in [-0.15, -0.1) is 0 Å². The molecular weight excluding hydrogens is 196 g/mol. The van der Waals surface area contributed by atoms with Crippen molar-refractivity contribution in [2.45, 2.75) is 46.1 Å². The van der Waals surface area contributed by atoms with E-state index in [1.54, 1.807) is 0 Å². The molecule has 0 aliphatic carbocycles. The Morgan fingerprint density at radius 2 is 2.00 bits per heavy atom. The molecule has 1 aromatic carbocycles. The van der Waals surface area contributed by atoms with E-state index < -0.39 is 0 Å². The van der Waals surface area contributed by atoms with Gasteiger partial charge in [-0.2, -0.15) is 5.10 Å². The Morgan fingerprint density at radius 3 is 2.62 bits per heavy atom. The zero-order valence-corrected chi connectivity index (χ0v) is 10.6. The summed E-state index contributed by atoms with van der Waals surface area (Å²) in [6.07, 6.45) is 3.08. The van der Waals surface area contributed by atoms with Crippen LogP contribution in [0.3, 0.4) is 0 Å². The largest absolute Gasteiger partial charge is 0.262 e. The highest BCUT2D eigenvalue weighted by molar-refractivity contribution is 5.79. The zero-order valence-electron chi connectivity index (χ0n) is 10.6. The van der Waals surface area contributed by atoms with Crippen LogP contribution in [0.25, 0.3) is 10.9 Å². The SMILES string of the molecule is CCC(C)n1ncc2ccc(C(C)C)cc21. The molecule has 1 unspecified atom stereocenters. The van der Waals surface area contributed by atoms with Crippen molar-refractivity contribution in [3.63, 3.8) is 0 Å². The topological polar surface area (TPSA) is 17.8 Å². The number of benzene rings is 1. The molecule has 1 aromatic heterocycles. The van der Waals surface area contributed by atoms with E-state index in [0.717, 1.165) is 6.42 Å². The van der Waals surface area contributed by atoms with E-state index in [1.807, 2.05) is 6.20 Å². The molecule has 2 heteroatoms. The average molecular weight is 216 g/mol. The summed E-state index contributed by atoms with van der Waals surface area (Å²) in [5.41, 5.74) is 2.65. The standard InChI is InChI=1S/C14H20N2/c1-5-11(4)16-14-8-12(10(2)3)6-7-13(14)9-15-16/h6-11H,5H2,1-4H3. The fraction of sp³-hybridized carbons (Fsp3) is 0.500. The Bertz CT molecular complexity index is 482. The molecule has 2 aromatic rings. The Morgan fingerprint density at radius 1 is 1.25 bits per heavy atom. The predicted octanol–water partition coefficient (Wildman–Crippen LogP) is 4.13. The normalized spacial score (nSPS) is 13.6. The van der Waals surface area contributed by atoms with Crippen molar-refractivity contribution in [3.8, 4) is 0 Å². The number of hydrogen-bond donors (Lipinski definition) is 0. The molecule has 0 N–H and O–H groups in total. The van der Waals surface area contributed by atoms with Crippen LogP contribution in [0.5, 0.6) is 0 Å². The highest BCUT2D eigenvalue weighted by atomic mass is 15.3. The highest BCUT2D eigenvalue weighted by Crippen LogP contribution is 2.24. The Kier molecular flexibility index (Phi) is 2.99. The fourth-order valence-electron chi connectivity index (χ4n) is 1.94. The van der Waals surface area contributed by atoms with Crippen molar-refractivity contribution in [2.24, 2.45) is 0 Å². The van der Waals surface area contributed by atoms with Crippen molar-refractivity contribution in [3.05, 3.63) is 30.0 Å². The molecule has 0 radical (unpaired) electrons. The van der Waals surface area contributed by atoms with Gasteiger partial charge in [-0.25, -0.2) is 0 Å². The maximum Gasteiger partial charge on any atom is 0.0688 e. The van der Waals surface area contributed by atoms with E-state index in [-0.39, 0.29) is 0 Å². The lowest BCUT2D eigenvalue weighted by Gasteiger charge is -2.12. The molecule has 0 bridgehead atoms. The van der Waals surface area contributed by atoms with Gasteiger partial charge >= 0.3 is 0 Å². The summed E-state index contributed by atoms with van der Waals surface area (Å²) in [4.78, 5) is 0. The molecule has 0 amide bonds. The van der Waals surface area contributed by atoms with Crippen molar-refractivity contribution >= 4 is 10.9 Å². The van der Waals surface area contributed by atoms with Crippen molar-refractivity contribution < 1.29 is 0 Å². The van der Waals surface area contributed by atoms with Crippen LogP contribution in [0.2, 0.25) is 0 Å². The van der Waals surface area contributed by atoms with Gasteiger partial charge in [0.2, 0.25) is 0 Å². The molecule has 0 aliphatic heterocycles. The van der Waals surface area contributed by atoms with Crippen LogP contribution < -0.4 is 0 Å². The number of aromatic nitrogens is 2. The number of hydrogen-bond acceptors (Lipinski definition) is 1. The summed E-state index contributed by atoms with van der Waals surface area (Å²) in [5.74, 6) is 0.574. The van der Waals surface area contributed by atoms with Gasteiger partial charge < -0.3 is 0 Å². The van der Waals surface area contributed by atoms with E-state index in [4.69, 9.17) is 0 Å². The lowest BCUT2D eigenvalue weighted by Crippen LogP contribution is -2.05. The number of fused-ring (bicyclic) bond motifs is 1. The van der Waals surface area contributed by atoms with E-state index in [1.165, 1.54) is 16.5 Å². The first-order valence-electron chi connectivity index (χ1n) is 6.10. The summed E-state index contributed by atoms with van der Waals surface area (Å²) >= 11 is 0. The average Bonchev–Trinajstić information content (AvgIpc) is 2.70. The maximum absolute atomic E-state index is 4.48. The van der Waals surface area contributed by atoms with Gasteiger partial charge in [-0.1, -0.05) is 32.9 Å². The van der Waals surface area contributed by atoms with Gasteiger partial charge in [0.1, 0.15) is 0 Å². The predicted molar refractivity (Wildman–Crippen MR) is 68.8 cm³/mol. The lowest BCUT2D eigenvalue weighted by molar-refractivity contribution is 0.493. The van der Waals surface area contributed by atoms with Crippen LogP contribution >= 0.6 is 0 Å². The van der Waals surface area contributed by atoms with Crippen LogP contribution in [0.4, 0.5) is 0 Å². The van der Waals surface area contributed by atoms with Gasteiger partial charge in [0.15, 0.2) is 0 Å². The van der Waals surface area contributed by atoms with Crippen molar-refractivity contribution in [1.82, 2.24) is 9.78 Å². The molecule has 1 heterocycles. The minimum absolute atomic E-state index is 0.472. The molecule has 0 spiro atoms. The third-order valence-electron chi connectivity index (χ3n) is 3.30. The number of rotatable bonds is 3. The fourth-order valence-corrected chi connectivity index (χ4v) is 1.94. The van der Waals surface area contributed by atoms with Crippen LogP contribution in [0.1, 0.15) is 51.6 Å². The minimum atomic E-state index is 0.472. The molecule has 0 fully saturated rings. The second kappa shape index (κ2) is 4.28. The first kappa shape index (κ1) is 11.2. The molecular formula is C14H20N2. The Hall–Kier alpha value is -1.31. The summed E-state index contributed by atoms with van der Waals surface area (Å²) < 4.78 is 2.14. The van der Waals surface area contributed by atoms with Crippen LogP contribution in [0, 0.1) is 0 Å². The molecule has 16 heavy (non-hydrogen) atoms. The summed E-state index contributed by atoms with van der Waals surface area (Å²) in [5, 5.41) is 5.72. The van der Waals surface area contributed by atoms with Gasteiger partial charge in [0.25, 0.3) is 0 Å².